The second-order valence-electron chi connectivity index (χ2n) is 2.63. The van der Waals surface area contributed by atoms with Crippen LogP contribution in [0.25, 0.3) is 0 Å². The maximum absolute atomic E-state index is 7.81. The molecule has 0 aromatic carbocycles. The van der Waals surface area contributed by atoms with Crippen LogP contribution in [0.5, 0.6) is 0 Å². The molecule has 0 rings (SSSR count). The molecule has 0 heterocycles. The number of hydrogen-bond acceptors (Lipinski definition) is 3. The lowest BCUT2D eigenvalue weighted by atomic mass is 10.2. The van der Waals surface area contributed by atoms with Crippen LogP contribution < -0.4 is 0 Å². The lowest BCUT2D eigenvalue weighted by Gasteiger charge is -1.90. The van der Waals surface area contributed by atoms with Crippen molar-refractivity contribution in [1.82, 2.24) is 0 Å². The summed E-state index contributed by atoms with van der Waals surface area (Å²) in [7, 11) is -1.72. The normalized spacial score (nSPS) is 7.50. The van der Waals surface area contributed by atoms with E-state index in [1.54, 1.807) is 0 Å². The molecule has 0 aliphatic heterocycles. The van der Waals surface area contributed by atoms with E-state index < -0.39 is 7.32 Å². The average molecular weight is 172 g/mol. The Morgan fingerprint density at radius 1 is 1.17 bits per heavy atom. The summed E-state index contributed by atoms with van der Waals surface area (Å²) in [6.07, 6.45) is 0.949. The van der Waals surface area contributed by atoms with Crippen LogP contribution in [0.1, 0.15) is 27.7 Å². The van der Waals surface area contributed by atoms with Crippen molar-refractivity contribution in [2.75, 3.05) is 0 Å². The van der Waals surface area contributed by atoms with Gasteiger partial charge >= 0.3 is 7.32 Å². The predicted molar refractivity (Wildman–Crippen MR) is 51.2 cm³/mol. The number of rotatable bonds is 2. The van der Waals surface area contributed by atoms with Crippen LogP contribution in [0, 0.1) is 0 Å². The molecule has 0 aliphatic carbocycles. The van der Waals surface area contributed by atoms with Crippen molar-refractivity contribution in [3.8, 4) is 0 Å². The average Bonchev–Trinajstić information content (AvgIpc) is 1.87. The van der Waals surface area contributed by atoms with Crippen LogP contribution in [0.4, 0.5) is 0 Å². The van der Waals surface area contributed by atoms with Crippen molar-refractivity contribution in [2.24, 2.45) is 0 Å². The minimum Gasteiger partial charge on any atom is -0.519 e. The lowest BCUT2D eigenvalue weighted by Crippen LogP contribution is -2.12. The third-order valence-corrected chi connectivity index (χ3v) is 1.22. The van der Waals surface area contributed by atoms with Gasteiger partial charge in [-0.05, 0) is 27.7 Å². The van der Waals surface area contributed by atoms with E-state index >= 15 is 0 Å². The third kappa shape index (κ3) is 16.1. The minimum atomic E-state index is -1.72. The number of allylic oxidation sites excluding steroid dienone is 2. The van der Waals surface area contributed by atoms with Crippen molar-refractivity contribution < 1.29 is 14.7 Å². The van der Waals surface area contributed by atoms with Crippen LogP contribution in [-0.2, 0) is 4.65 Å². The maximum atomic E-state index is 7.81. The Balaban J connectivity index is 0. The van der Waals surface area contributed by atoms with Crippen LogP contribution in [0.3, 0.4) is 0 Å². The molecule has 0 saturated carbocycles. The molecule has 0 fully saturated rings. The van der Waals surface area contributed by atoms with E-state index in [4.69, 9.17) is 10.0 Å². The van der Waals surface area contributed by atoms with E-state index in [0.29, 0.717) is 0 Å². The molecule has 12 heavy (non-hydrogen) atoms. The molecular weight excluding hydrogens is 155 g/mol. The quantitative estimate of drug-likeness (QED) is 0.376. The van der Waals surface area contributed by atoms with Gasteiger partial charge in [-0.1, -0.05) is 17.7 Å². The van der Waals surface area contributed by atoms with E-state index in [1.165, 1.54) is 11.1 Å². The molecule has 0 saturated heterocycles. The topological polar surface area (TPSA) is 49.7 Å². The van der Waals surface area contributed by atoms with E-state index in [9.17, 15) is 0 Å². The highest BCUT2D eigenvalue weighted by atomic mass is 16.6. The summed E-state index contributed by atoms with van der Waals surface area (Å²) >= 11 is 0. The number of hydrogen-bond donors (Lipinski definition) is 2. The van der Waals surface area contributed by atoms with Crippen molar-refractivity contribution in [3.63, 3.8) is 0 Å². The largest absolute Gasteiger partial charge is 0.707 e. The molecule has 2 N–H and O–H groups in total. The fourth-order valence-electron chi connectivity index (χ4n) is 0.0861. The highest BCUT2D eigenvalue weighted by Gasteiger charge is 2.04. The first-order chi connectivity index (χ1) is 5.41. The Labute approximate surface area is 74.5 Å². The zero-order chi connectivity index (χ0) is 10.1. The molecule has 0 amide bonds. The van der Waals surface area contributed by atoms with Gasteiger partial charge in [0.25, 0.3) is 0 Å². The van der Waals surface area contributed by atoms with Crippen molar-refractivity contribution in [2.45, 2.75) is 27.7 Å². The molecule has 0 aromatic rings. The summed E-state index contributed by atoms with van der Waals surface area (Å²) in [4.78, 5) is 0. The van der Waals surface area contributed by atoms with Gasteiger partial charge in [0, 0.05) is 0 Å². The first-order valence-electron chi connectivity index (χ1n) is 3.65. The maximum Gasteiger partial charge on any atom is 0.707 e. The van der Waals surface area contributed by atoms with Gasteiger partial charge in [0.05, 0.1) is 6.26 Å². The molecule has 0 aliphatic rings. The Morgan fingerprint density at radius 2 is 1.50 bits per heavy atom. The van der Waals surface area contributed by atoms with Crippen molar-refractivity contribution >= 4 is 7.32 Å². The summed E-state index contributed by atoms with van der Waals surface area (Å²) in [5.41, 5.74) is 2.85. The van der Waals surface area contributed by atoms with E-state index in [0.717, 1.165) is 6.26 Å². The summed E-state index contributed by atoms with van der Waals surface area (Å²) in [5.74, 6) is 0. The zero-order valence-electron chi connectivity index (χ0n) is 8.16. The van der Waals surface area contributed by atoms with Crippen molar-refractivity contribution in [3.05, 3.63) is 24.0 Å². The van der Waals surface area contributed by atoms with Crippen LogP contribution in [-0.4, -0.2) is 17.4 Å². The second kappa shape index (κ2) is 8.36. The van der Waals surface area contributed by atoms with Gasteiger partial charge in [0.15, 0.2) is 0 Å². The predicted octanol–water partition coefficient (Wildman–Crippen LogP) is 1.48. The van der Waals surface area contributed by atoms with Crippen LogP contribution in [0.15, 0.2) is 24.0 Å². The monoisotopic (exact) mass is 172 g/mol. The molecule has 3 nitrogen and oxygen atoms in total. The van der Waals surface area contributed by atoms with Crippen LogP contribution in [0.2, 0.25) is 0 Å². The summed E-state index contributed by atoms with van der Waals surface area (Å²) < 4.78 is 3.92. The fraction of sp³-hybridized carbons (Fsp3) is 0.500. The molecule has 4 heteroatoms. The minimum absolute atomic E-state index is 0.949. The molecule has 0 aromatic heterocycles. The van der Waals surface area contributed by atoms with Gasteiger partial charge in [-0.25, -0.2) is 0 Å². The highest BCUT2D eigenvalue weighted by molar-refractivity contribution is 6.32. The third-order valence-electron chi connectivity index (χ3n) is 1.22. The van der Waals surface area contributed by atoms with Gasteiger partial charge in [-0.15, -0.1) is 0 Å². The van der Waals surface area contributed by atoms with Gasteiger partial charge in [-0.2, -0.15) is 0 Å². The summed E-state index contributed by atoms with van der Waals surface area (Å²) in [5, 5.41) is 15.6. The Morgan fingerprint density at radius 3 is 1.50 bits per heavy atom. The smallest absolute Gasteiger partial charge is 0.519 e. The molecule has 0 spiro atoms. The van der Waals surface area contributed by atoms with Crippen molar-refractivity contribution in [1.29, 1.82) is 0 Å². The Hall–Kier alpha value is -0.735. The zero-order valence-corrected chi connectivity index (χ0v) is 8.16. The first-order valence-corrected chi connectivity index (χ1v) is 3.65. The standard InChI is InChI=1S/C6H12.C2H5BO3/c1-5(2)6(3)4;1-2-6-3(4)5/h1-4H3;2,4-5H,1H2. The SMILES string of the molecule is C=COB(O)O.CC(C)=C(C)C. The molecule has 0 unspecified atom stereocenters. The lowest BCUT2D eigenvalue weighted by molar-refractivity contribution is 0.258. The second-order valence-corrected chi connectivity index (χ2v) is 2.63. The summed E-state index contributed by atoms with van der Waals surface area (Å²) in [6, 6.07) is 0. The molecule has 0 bridgehead atoms. The van der Waals surface area contributed by atoms with E-state index in [1.807, 2.05) is 0 Å². The molecular formula is C8H17BO3. The summed E-state index contributed by atoms with van der Waals surface area (Å²) in [6.45, 7) is 11.5. The highest BCUT2D eigenvalue weighted by Crippen LogP contribution is 1.96. The van der Waals surface area contributed by atoms with Gasteiger partial charge in [0.1, 0.15) is 0 Å². The Bertz CT molecular complexity index is 134. The Kier molecular flexibility index (Phi) is 9.64. The van der Waals surface area contributed by atoms with Gasteiger partial charge in [-0.3, -0.25) is 0 Å². The van der Waals surface area contributed by atoms with E-state index in [-0.39, 0.29) is 0 Å². The molecule has 0 atom stereocenters. The van der Waals surface area contributed by atoms with Crippen LogP contribution >= 0.6 is 0 Å². The molecule has 0 radical (unpaired) electrons. The first kappa shape index (κ1) is 13.8. The molecule has 70 valence electrons. The van der Waals surface area contributed by atoms with Gasteiger partial charge < -0.3 is 14.7 Å². The fourth-order valence-corrected chi connectivity index (χ4v) is 0.0861. The van der Waals surface area contributed by atoms with E-state index in [2.05, 4.69) is 38.9 Å². The van der Waals surface area contributed by atoms with Gasteiger partial charge in [0.2, 0.25) is 0 Å².